The van der Waals surface area contributed by atoms with Gasteiger partial charge >= 0.3 is 0 Å². The molecule has 3 heteroatoms. The Labute approximate surface area is 89.3 Å². The van der Waals surface area contributed by atoms with Gasteiger partial charge in [-0.15, -0.1) is 0 Å². The van der Waals surface area contributed by atoms with Crippen LogP contribution in [0.2, 0.25) is 0 Å². The van der Waals surface area contributed by atoms with Gasteiger partial charge in [-0.3, -0.25) is 0 Å². The van der Waals surface area contributed by atoms with Gasteiger partial charge in [-0.1, -0.05) is 12.1 Å². The van der Waals surface area contributed by atoms with Crippen molar-refractivity contribution in [1.29, 1.82) is 0 Å². The molecule has 0 radical (unpaired) electrons. The van der Waals surface area contributed by atoms with Crippen LogP contribution < -0.4 is 11.1 Å². The van der Waals surface area contributed by atoms with E-state index in [0.29, 0.717) is 11.9 Å². The van der Waals surface area contributed by atoms with Gasteiger partial charge < -0.3 is 11.1 Å². The van der Waals surface area contributed by atoms with E-state index >= 15 is 0 Å². The Kier molecular flexibility index (Phi) is 2.56. The van der Waals surface area contributed by atoms with E-state index in [2.05, 4.69) is 29.4 Å². The van der Waals surface area contributed by atoms with Crippen molar-refractivity contribution < 1.29 is 0 Å². The van der Waals surface area contributed by atoms with Crippen LogP contribution in [0.15, 0.2) is 30.5 Å². The third-order valence-corrected chi connectivity index (χ3v) is 2.75. The zero-order chi connectivity index (χ0) is 10.8. The van der Waals surface area contributed by atoms with Crippen molar-refractivity contribution in [3.05, 3.63) is 36.0 Å². The average molecular weight is 201 g/mol. The predicted octanol–water partition coefficient (Wildman–Crippen LogP) is 2.10. The van der Waals surface area contributed by atoms with Crippen molar-refractivity contribution in [2.24, 2.45) is 0 Å². The summed E-state index contributed by atoms with van der Waals surface area (Å²) in [5.74, 6) is 0.594. The molecule has 78 valence electrons. The van der Waals surface area contributed by atoms with E-state index in [1.54, 1.807) is 6.20 Å². The first-order valence-electron chi connectivity index (χ1n) is 5.04. The number of nitrogen functional groups attached to an aromatic ring is 1. The number of nitrogens with zero attached hydrogens (tertiary/aromatic N) is 1. The first-order valence-corrected chi connectivity index (χ1v) is 5.04. The van der Waals surface area contributed by atoms with Gasteiger partial charge in [0.05, 0.1) is 0 Å². The Balaban J connectivity index is 2.57. The SMILES string of the molecule is CNC(C)c1ccc2c(N)nccc2c1. The number of hydrogen-bond donors (Lipinski definition) is 2. The third kappa shape index (κ3) is 1.78. The number of fused-ring (bicyclic) bond motifs is 1. The minimum atomic E-state index is 0.351. The van der Waals surface area contributed by atoms with Crippen molar-refractivity contribution in [3.63, 3.8) is 0 Å². The van der Waals surface area contributed by atoms with E-state index in [-0.39, 0.29) is 0 Å². The van der Waals surface area contributed by atoms with E-state index in [1.165, 1.54) is 5.56 Å². The monoisotopic (exact) mass is 201 g/mol. The molecule has 0 spiro atoms. The Bertz CT molecular complexity index is 479. The van der Waals surface area contributed by atoms with Crippen LogP contribution in [0.3, 0.4) is 0 Å². The summed E-state index contributed by atoms with van der Waals surface area (Å²) in [6.07, 6.45) is 1.74. The van der Waals surface area contributed by atoms with Gasteiger partial charge in [0.15, 0.2) is 0 Å². The summed E-state index contributed by atoms with van der Waals surface area (Å²) >= 11 is 0. The average Bonchev–Trinajstić information content (AvgIpc) is 2.28. The largest absolute Gasteiger partial charge is 0.383 e. The molecule has 0 aliphatic rings. The Hall–Kier alpha value is -1.61. The summed E-state index contributed by atoms with van der Waals surface area (Å²) in [4.78, 5) is 4.06. The standard InChI is InChI=1S/C12H15N3/c1-8(14-2)9-3-4-11-10(7-9)5-6-15-12(11)13/h3-8,14H,1-2H3,(H2,13,15). The second-order valence-electron chi connectivity index (χ2n) is 3.69. The molecular weight excluding hydrogens is 186 g/mol. The van der Waals surface area contributed by atoms with Crippen LogP contribution in [0.4, 0.5) is 5.82 Å². The fourth-order valence-electron chi connectivity index (χ4n) is 1.66. The molecule has 0 saturated carbocycles. The summed E-state index contributed by atoms with van der Waals surface area (Å²) in [6, 6.07) is 8.60. The second-order valence-corrected chi connectivity index (χ2v) is 3.69. The third-order valence-electron chi connectivity index (χ3n) is 2.75. The van der Waals surface area contributed by atoms with Gasteiger partial charge in [-0.05, 0) is 37.1 Å². The molecule has 3 nitrogen and oxygen atoms in total. The molecule has 0 aliphatic carbocycles. The normalized spacial score (nSPS) is 12.9. The first-order chi connectivity index (χ1) is 7.22. The lowest BCUT2D eigenvalue weighted by Crippen LogP contribution is -2.12. The topological polar surface area (TPSA) is 50.9 Å². The molecule has 2 rings (SSSR count). The molecule has 2 aromatic rings. The Morgan fingerprint density at radius 1 is 1.33 bits per heavy atom. The summed E-state index contributed by atoms with van der Waals surface area (Å²) in [7, 11) is 1.95. The van der Waals surface area contributed by atoms with Crippen molar-refractivity contribution in [3.8, 4) is 0 Å². The first kappa shape index (κ1) is 9.93. The van der Waals surface area contributed by atoms with E-state index in [1.807, 2.05) is 19.2 Å². The molecule has 0 fully saturated rings. The number of aromatic nitrogens is 1. The number of nitrogens with two attached hydrogens (primary N) is 1. The van der Waals surface area contributed by atoms with Crippen molar-refractivity contribution in [2.75, 3.05) is 12.8 Å². The van der Waals surface area contributed by atoms with Gasteiger partial charge in [-0.2, -0.15) is 0 Å². The molecule has 0 saturated heterocycles. The van der Waals surface area contributed by atoms with Gasteiger partial charge in [-0.25, -0.2) is 4.98 Å². The number of anilines is 1. The molecule has 0 bridgehead atoms. The number of pyridine rings is 1. The number of nitrogens with one attached hydrogen (secondary N) is 1. The number of benzene rings is 1. The van der Waals surface area contributed by atoms with Gasteiger partial charge in [0.1, 0.15) is 5.82 Å². The Morgan fingerprint density at radius 2 is 2.13 bits per heavy atom. The highest BCUT2D eigenvalue weighted by Crippen LogP contribution is 2.22. The molecule has 1 unspecified atom stereocenters. The molecule has 1 aromatic heterocycles. The quantitative estimate of drug-likeness (QED) is 0.782. The maximum atomic E-state index is 5.79. The summed E-state index contributed by atoms with van der Waals surface area (Å²) in [6.45, 7) is 2.13. The van der Waals surface area contributed by atoms with Crippen LogP contribution in [-0.4, -0.2) is 12.0 Å². The van der Waals surface area contributed by atoms with Gasteiger partial charge in [0, 0.05) is 17.6 Å². The lowest BCUT2D eigenvalue weighted by molar-refractivity contribution is 0.653. The molecular formula is C12H15N3. The number of rotatable bonds is 2. The van der Waals surface area contributed by atoms with E-state index in [9.17, 15) is 0 Å². The highest BCUT2D eigenvalue weighted by molar-refractivity contribution is 5.91. The maximum Gasteiger partial charge on any atom is 0.131 e. The molecule has 1 heterocycles. The van der Waals surface area contributed by atoms with Crippen LogP contribution in [0, 0.1) is 0 Å². The van der Waals surface area contributed by atoms with Gasteiger partial charge in [0.2, 0.25) is 0 Å². The van der Waals surface area contributed by atoms with Crippen LogP contribution in [0.5, 0.6) is 0 Å². The smallest absolute Gasteiger partial charge is 0.131 e. The van der Waals surface area contributed by atoms with Crippen molar-refractivity contribution >= 4 is 16.6 Å². The molecule has 0 amide bonds. The summed E-state index contributed by atoms with van der Waals surface area (Å²) in [5, 5.41) is 5.37. The van der Waals surface area contributed by atoms with Crippen LogP contribution in [-0.2, 0) is 0 Å². The molecule has 1 aromatic carbocycles. The van der Waals surface area contributed by atoms with Crippen molar-refractivity contribution in [1.82, 2.24) is 10.3 Å². The van der Waals surface area contributed by atoms with E-state index < -0.39 is 0 Å². The highest BCUT2D eigenvalue weighted by Gasteiger charge is 2.04. The molecule has 0 aliphatic heterocycles. The minimum absolute atomic E-state index is 0.351. The maximum absolute atomic E-state index is 5.79. The van der Waals surface area contributed by atoms with Gasteiger partial charge in [0.25, 0.3) is 0 Å². The van der Waals surface area contributed by atoms with Crippen LogP contribution in [0.25, 0.3) is 10.8 Å². The van der Waals surface area contributed by atoms with Crippen molar-refractivity contribution in [2.45, 2.75) is 13.0 Å². The Morgan fingerprint density at radius 3 is 2.87 bits per heavy atom. The van der Waals surface area contributed by atoms with Crippen LogP contribution in [0.1, 0.15) is 18.5 Å². The molecule has 3 N–H and O–H groups in total. The van der Waals surface area contributed by atoms with E-state index in [4.69, 9.17) is 5.73 Å². The fourth-order valence-corrected chi connectivity index (χ4v) is 1.66. The second kappa shape index (κ2) is 3.87. The number of hydrogen-bond acceptors (Lipinski definition) is 3. The summed E-state index contributed by atoms with van der Waals surface area (Å²) < 4.78 is 0. The fraction of sp³-hybridized carbons (Fsp3) is 0.250. The zero-order valence-corrected chi connectivity index (χ0v) is 8.99. The van der Waals surface area contributed by atoms with E-state index in [0.717, 1.165) is 10.8 Å². The molecule has 15 heavy (non-hydrogen) atoms. The highest BCUT2D eigenvalue weighted by atomic mass is 14.9. The predicted molar refractivity (Wildman–Crippen MR) is 63.6 cm³/mol. The lowest BCUT2D eigenvalue weighted by Gasteiger charge is -2.11. The molecule has 1 atom stereocenters. The lowest BCUT2D eigenvalue weighted by atomic mass is 10.0. The summed E-state index contributed by atoms with van der Waals surface area (Å²) in [5.41, 5.74) is 7.05. The minimum Gasteiger partial charge on any atom is -0.383 e. The van der Waals surface area contributed by atoms with Crippen LogP contribution >= 0.6 is 0 Å². The zero-order valence-electron chi connectivity index (χ0n) is 8.99.